The SMILES string of the molecule is CCCC(Nc1ncnc(NC)c1CC)c1cccs1. The Morgan fingerprint density at radius 2 is 2.05 bits per heavy atom. The molecule has 0 aliphatic rings. The second kappa shape index (κ2) is 7.24. The number of aromatic nitrogens is 2. The molecular formula is C15H22N4S. The Labute approximate surface area is 124 Å². The van der Waals surface area contributed by atoms with Crippen LogP contribution in [-0.4, -0.2) is 17.0 Å². The van der Waals surface area contributed by atoms with Crippen LogP contribution in [0.2, 0.25) is 0 Å². The molecule has 2 aromatic rings. The topological polar surface area (TPSA) is 49.8 Å². The van der Waals surface area contributed by atoms with Crippen molar-refractivity contribution in [2.45, 2.75) is 39.2 Å². The van der Waals surface area contributed by atoms with Crippen molar-refractivity contribution in [3.8, 4) is 0 Å². The first-order valence-electron chi connectivity index (χ1n) is 7.11. The third-order valence-corrected chi connectivity index (χ3v) is 4.30. The van der Waals surface area contributed by atoms with Gasteiger partial charge in [0.1, 0.15) is 18.0 Å². The molecule has 2 heterocycles. The van der Waals surface area contributed by atoms with E-state index in [0.717, 1.165) is 36.5 Å². The normalized spacial score (nSPS) is 12.2. The summed E-state index contributed by atoms with van der Waals surface area (Å²) in [6.45, 7) is 4.34. The van der Waals surface area contributed by atoms with Gasteiger partial charge >= 0.3 is 0 Å². The molecule has 0 spiro atoms. The molecule has 0 saturated heterocycles. The van der Waals surface area contributed by atoms with Crippen LogP contribution in [0.15, 0.2) is 23.8 Å². The highest BCUT2D eigenvalue weighted by Crippen LogP contribution is 2.29. The van der Waals surface area contributed by atoms with E-state index in [-0.39, 0.29) is 0 Å². The van der Waals surface area contributed by atoms with Crippen LogP contribution in [0.4, 0.5) is 11.6 Å². The van der Waals surface area contributed by atoms with E-state index in [9.17, 15) is 0 Å². The second-order valence-corrected chi connectivity index (χ2v) is 5.63. The van der Waals surface area contributed by atoms with Gasteiger partial charge in [0.05, 0.1) is 6.04 Å². The Balaban J connectivity index is 2.27. The highest BCUT2D eigenvalue weighted by Gasteiger charge is 2.15. The van der Waals surface area contributed by atoms with Gasteiger partial charge in [0.25, 0.3) is 0 Å². The first kappa shape index (κ1) is 14.8. The Morgan fingerprint density at radius 3 is 2.65 bits per heavy atom. The Kier molecular flexibility index (Phi) is 5.35. The number of thiophene rings is 1. The molecule has 108 valence electrons. The molecule has 5 heteroatoms. The smallest absolute Gasteiger partial charge is 0.135 e. The van der Waals surface area contributed by atoms with Crippen molar-refractivity contribution in [1.29, 1.82) is 0 Å². The summed E-state index contributed by atoms with van der Waals surface area (Å²) < 4.78 is 0. The molecule has 0 fully saturated rings. The van der Waals surface area contributed by atoms with Crippen molar-refractivity contribution in [2.24, 2.45) is 0 Å². The predicted molar refractivity (Wildman–Crippen MR) is 86.5 cm³/mol. The summed E-state index contributed by atoms with van der Waals surface area (Å²) in [6.07, 6.45) is 4.76. The van der Waals surface area contributed by atoms with Crippen molar-refractivity contribution >= 4 is 23.0 Å². The lowest BCUT2D eigenvalue weighted by Crippen LogP contribution is -2.13. The summed E-state index contributed by atoms with van der Waals surface area (Å²) in [5, 5.41) is 8.86. The van der Waals surface area contributed by atoms with Gasteiger partial charge < -0.3 is 10.6 Å². The van der Waals surface area contributed by atoms with E-state index in [0.29, 0.717) is 6.04 Å². The van der Waals surface area contributed by atoms with Gasteiger partial charge in [0, 0.05) is 17.5 Å². The summed E-state index contributed by atoms with van der Waals surface area (Å²) in [6, 6.07) is 4.61. The lowest BCUT2D eigenvalue weighted by molar-refractivity contribution is 0.683. The van der Waals surface area contributed by atoms with Crippen molar-refractivity contribution in [1.82, 2.24) is 9.97 Å². The maximum atomic E-state index is 4.43. The molecule has 2 rings (SSSR count). The number of hydrogen-bond acceptors (Lipinski definition) is 5. The largest absolute Gasteiger partial charge is 0.373 e. The molecule has 20 heavy (non-hydrogen) atoms. The summed E-state index contributed by atoms with van der Waals surface area (Å²) in [5.41, 5.74) is 1.15. The van der Waals surface area contributed by atoms with E-state index in [2.05, 4.69) is 52.0 Å². The zero-order chi connectivity index (χ0) is 14.4. The zero-order valence-electron chi connectivity index (χ0n) is 12.3. The molecule has 2 aromatic heterocycles. The summed E-state index contributed by atoms with van der Waals surface area (Å²) in [5.74, 6) is 1.85. The molecule has 2 N–H and O–H groups in total. The van der Waals surface area contributed by atoms with Crippen LogP contribution < -0.4 is 10.6 Å². The lowest BCUT2D eigenvalue weighted by Gasteiger charge is -2.20. The fourth-order valence-corrected chi connectivity index (χ4v) is 3.13. The van der Waals surface area contributed by atoms with Crippen LogP contribution in [0.25, 0.3) is 0 Å². The van der Waals surface area contributed by atoms with Crippen molar-refractivity contribution in [3.05, 3.63) is 34.3 Å². The molecule has 0 amide bonds. The monoisotopic (exact) mass is 290 g/mol. The average Bonchev–Trinajstić information content (AvgIpc) is 3.00. The molecule has 0 bridgehead atoms. The second-order valence-electron chi connectivity index (χ2n) is 4.65. The number of hydrogen-bond donors (Lipinski definition) is 2. The molecule has 1 atom stereocenters. The fourth-order valence-electron chi connectivity index (χ4n) is 2.32. The van der Waals surface area contributed by atoms with Gasteiger partial charge in [-0.05, 0) is 24.3 Å². The van der Waals surface area contributed by atoms with Gasteiger partial charge in [0.2, 0.25) is 0 Å². The van der Waals surface area contributed by atoms with Crippen LogP contribution in [0.1, 0.15) is 43.2 Å². The maximum absolute atomic E-state index is 4.43. The minimum Gasteiger partial charge on any atom is -0.373 e. The number of nitrogens with zero attached hydrogens (tertiary/aromatic N) is 2. The molecule has 0 aromatic carbocycles. The van der Waals surface area contributed by atoms with E-state index in [1.807, 2.05) is 7.05 Å². The van der Waals surface area contributed by atoms with E-state index in [4.69, 9.17) is 0 Å². The first-order valence-corrected chi connectivity index (χ1v) is 7.99. The Morgan fingerprint density at radius 1 is 1.25 bits per heavy atom. The molecule has 1 unspecified atom stereocenters. The van der Waals surface area contributed by atoms with Crippen LogP contribution in [0.3, 0.4) is 0 Å². The number of nitrogens with one attached hydrogen (secondary N) is 2. The van der Waals surface area contributed by atoms with E-state index in [1.54, 1.807) is 17.7 Å². The van der Waals surface area contributed by atoms with Crippen molar-refractivity contribution in [3.63, 3.8) is 0 Å². The first-order chi connectivity index (χ1) is 9.80. The Bertz CT molecular complexity index is 525. The van der Waals surface area contributed by atoms with E-state index < -0.39 is 0 Å². The molecule has 0 aliphatic carbocycles. The van der Waals surface area contributed by atoms with Gasteiger partial charge in [-0.25, -0.2) is 9.97 Å². The summed E-state index contributed by atoms with van der Waals surface area (Å²) in [4.78, 5) is 10.1. The van der Waals surface area contributed by atoms with Gasteiger partial charge in [-0.3, -0.25) is 0 Å². The molecular weight excluding hydrogens is 268 g/mol. The third-order valence-electron chi connectivity index (χ3n) is 3.31. The minimum atomic E-state index is 0.324. The number of anilines is 2. The third kappa shape index (κ3) is 3.28. The van der Waals surface area contributed by atoms with Crippen molar-refractivity contribution < 1.29 is 0 Å². The van der Waals surface area contributed by atoms with Gasteiger partial charge in [-0.2, -0.15) is 0 Å². The zero-order valence-corrected chi connectivity index (χ0v) is 13.1. The van der Waals surface area contributed by atoms with Crippen molar-refractivity contribution in [2.75, 3.05) is 17.7 Å². The van der Waals surface area contributed by atoms with E-state index in [1.165, 1.54) is 4.88 Å². The van der Waals surface area contributed by atoms with Crippen LogP contribution in [-0.2, 0) is 6.42 Å². The summed E-state index contributed by atoms with van der Waals surface area (Å²) >= 11 is 1.79. The number of rotatable bonds is 7. The molecule has 4 nitrogen and oxygen atoms in total. The highest BCUT2D eigenvalue weighted by atomic mass is 32.1. The molecule has 0 aliphatic heterocycles. The quantitative estimate of drug-likeness (QED) is 0.806. The molecule has 0 saturated carbocycles. The lowest BCUT2D eigenvalue weighted by atomic mass is 10.1. The fraction of sp³-hybridized carbons (Fsp3) is 0.467. The van der Waals surface area contributed by atoms with Crippen LogP contribution >= 0.6 is 11.3 Å². The minimum absolute atomic E-state index is 0.324. The van der Waals surface area contributed by atoms with Gasteiger partial charge in [-0.15, -0.1) is 11.3 Å². The van der Waals surface area contributed by atoms with Crippen LogP contribution in [0.5, 0.6) is 0 Å². The predicted octanol–water partition coefficient (Wildman–Crippen LogP) is 4.10. The Hall–Kier alpha value is -1.62. The summed E-state index contributed by atoms with van der Waals surface area (Å²) in [7, 11) is 1.90. The highest BCUT2D eigenvalue weighted by molar-refractivity contribution is 7.10. The van der Waals surface area contributed by atoms with Crippen LogP contribution in [0, 0.1) is 0 Å². The van der Waals surface area contributed by atoms with E-state index >= 15 is 0 Å². The molecule has 0 radical (unpaired) electrons. The van der Waals surface area contributed by atoms with Gasteiger partial charge in [-0.1, -0.05) is 26.3 Å². The average molecular weight is 290 g/mol. The standard InChI is InChI=1S/C15H22N4S/c1-4-7-12(13-8-6-9-20-13)19-15-11(5-2)14(16-3)17-10-18-15/h6,8-10,12H,4-5,7H2,1-3H3,(H2,16,17,18,19). The maximum Gasteiger partial charge on any atom is 0.135 e. The van der Waals surface area contributed by atoms with Gasteiger partial charge in [0.15, 0.2) is 0 Å².